The molecule has 1 aromatic rings. The number of benzene rings is 1. The minimum absolute atomic E-state index is 0.0937. The lowest BCUT2D eigenvalue weighted by Crippen LogP contribution is -2.47. The van der Waals surface area contributed by atoms with Gasteiger partial charge in [-0.15, -0.1) is 0 Å². The molecular weight excluding hydrogens is 282 g/mol. The van der Waals surface area contributed by atoms with E-state index in [-0.39, 0.29) is 28.2 Å². The molecule has 0 radical (unpaired) electrons. The molecule has 108 valence electrons. The highest BCUT2D eigenvalue weighted by molar-refractivity contribution is 6.31. The zero-order valence-corrected chi connectivity index (χ0v) is 11.9. The molecule has 1 amide bonds. The summed E-state index contributed by atoms with van der Waals surface area (Å²) in [7, 11) is 1.85. The molecule has 0 aliphatic carbocycles. The monoisotopic (exact) mass is 297 g/mol. The molecule has 1 heterocycles. The number of nitrogens with one attached hydrogen (secondary N) is 1. The number of hydrogen-bond acceptors (Lipinski definition) is 4. The van der Waals surface area contributed by atoms with Gasteiger partial charge in [-0.2, -0.15) is 0 Å². The minimum atomic E-state index is -0.571. The molecule has 2 rings (SSSR count). The van der Waals surface area contributed by atoms with E-state index in [0.29, 0.717) is 13.1 Å². The molecule has 20 heavy (non-hydrogen) atoms. The number of rotatable bonds is 3. The Morgan fingerprint density at radius 2 is 2.30 bits per heavy atom. The number of halogens is 1. The Morgan fingerprint density at radius 1 is 1.55 bits per heavy atom. The number of likely N-dealkylation sites (N-methyl/N-ethyl adjacent to an activating group) is 1. The Kier molecular flexibility index (Phi) is 4.57. The van der Waals surface area contributed by atoms with Crippen LogP contribution in [-0.2, 0) is 0 Å². The van der Waals surface area contributed by atoms with Gasteiger partial charge < -0.3 is 10.2 Å². The average Bonchev–Trinajstić information content (AvgIpc) is 2.46. The van der Waals surface area contributed by atoms with Gasteiger partial charge >= 0.3 is 0 Å². The van der Waals surface area contributed by atoms with E-state index in [4.69, 9.17) is 11.6 Å². The second kappa shape index (κ2) is 6.19. The molecule has 1 saturated heterocycles. The largest absolute Gasteiger partial charge is 0.337 e. The maximum absolute atomic E-state index is 12.4. The fraction of sp³-hybridized carbons (Fsp3) is 0.462. The summed E-state index contributed by atoms with van der Waals surface area (Å²) >= 11 is 5.76. The van der Waals surface area contributed by atoms with Gasteiger partial charge in [-0.25, -0.2) is 0 Å². The summed E-state index contributed by atoms with van der Waals surface area (Å²) in [6.45, 7) is 1.19. The second-order valence-electron chi connectivity index (χ2n) is 4.80. The first kappa shape index (κ1) is 14.7. The van der Waals surface area contributed by atoms with Gasteiger partial charge in [0.25, 0.3) is 11.6 Å². The van der Waals surface area contributed by atoms with E-state index in [9.17, 15) is 14.9 Å². The Hall–Kier alpha value is -1.66. The second-order valence-corrected chi connectivity index (χ2v) is 5.23. The predicted octanol–water partition coefficient (Wildman–Crippen LogP) is 2.07. The van der Waals surface area contributed by atoms with Crippen molar-refractivity contribution in [1.82, 2.24) is 10.2 Å². The number of nitro groups is 1. The van der Waals surface area contributed by atoms with Gasteiger partial charge in [-0.3, -0.25) is 14.9 Å². The Balaban J connectivity index is 2.27. The van der Waals surface area contributed by atoms with Crippen LogP contribution in [0.15, 0.2) is 18.2 Å². The van der Waals surface area contributed by atoms with Gasteiger partial charge in [-0.05, 0) is 32.0 Å². The van der Waals surface area contributed by atoms with Crippen molar-refractivity contribution in [2.45, 2.75) is 18.9 Å². The summed E-state index contributed by atoms with van der Waals surface area (Å²) in [5, 5.41) is 14.4. The van der Waals surface area contributed by atoms with Crippen LogP contribution >= 0.6 is 11.6 Å². The first-order valence-corrected chi connectivity index (χ1v) is 6.81. The molecule has 1 aromatic carbocycles. The lowest BCUT2D eigenvalue weighted by atomic mass is 10.0. The molecule has 1 aliphatic heterocycles. The third kappa shape index (κ3) is 3.08. The van der Waals surface area contributed by atoms with Crippen LogP contribution < -0.4 is 5.32 Å². The third-order valence-electron chi connectivity index (χ3n) is 3.50. The van der Waals surface area contributed by atoms with E-state index in [0.717, 1.165) is 12.8 Å². The highest BCUT2D eigenvalue weighted by Gasteiger charge is 2.28. The fourth-order valence-electron chi connectivity index (χ4n) is 2.40. The third-order valence-corrected chi connectivity index (χ3v) is 3.74. The van der Waals surface area contributed by atoms with Crippen LogP contribution in [0.4, 0.5) is 5.69 Å². The van der Waals surface area contributed by atoms with Gasteiger partial charge in [0.05, 0.1) is 4.92 Å². The maximum Gasteiger partial charge on any atom is 0.283 e. The summed E-state index contributed by atoms with van der Waals surface area (Å²) in [4.78, 5) is 24.6. The van der Waals surface area contributed by atoms with Crippen LogP contribution in [0.3, 0.4) is 0 Å². The van der Waals surface area contributed by atoms with Crippen molar-refractivity contribution in [2.75, 3.05) is 20.1 Å². The number of nitro benzene ring substituents is 1. The normalized spacial score (nSPS) is 18.9. The molecule has 1 N–H and O–H groups in total. The van der Waals surface area contributed by atoms with Crippen molar-refractivity contribution in [3.63, 3.8) is 0 Å². The molecule has 0 bridgehead atoms. The molecule has 6 nitrogen and oxygen atoms in total. The van der Waals surface area contributed by atoms with Crippen LogP contribution in [0.5, 0.6) is 0 Å². The van der Waals surface area contributed by atoms with Crippen LogP contribution in [0, 0.1) is 10.1 Å². The van der Waals surface area contributed by atoms with Crippen molar-refractivity contribution in [3.05, 3.63) is 38.9 Å². The van der Waals surface area contributed by atoms with Gasteiger partial charge in [0.1, 0.15) is 5.56 Å². The molecule has 1 atom stereocenters. The van der Waals surface area contributed by atoms with Gasteiger partial charge in [0.15, 0.2) is 0 Å². The van der Waals surface area contributed by atoms with E-state index in [1.807, 2.05) is 7.05 Å². The number of hydrogen-bond donors (Lipinski definition) is 1. The molecule has 1 aliphatic rings. The van der Waals surface area contributed by atoms with E-state index < -0.39 is 4.92 Å². The van der Waals surface area contributed by atoms with Crippen LogP contribution in [0.1, 0.15) is 23.2 Å². The maximum atomic E-state index is 12.4. The number of carbonyl (C=O) groups is 1. The number of amides is 1. The summed E-state index contributed by atoms with van der Waals surface area (Å²) in [6, 6.07) is 4.38. The van der Waals surface area contributed by atoms with E-state index in [1.165, 1.54) is 18.2 Å². The molecule has 1 unspecified atom stereocenters. The van der Waals surface area contributed by atoms with E-state index in [2.05, 4.69) is 5.32 Å². The van der Waals surface area contributed by atoms with Gasteiger partial charge in [0.2, 0.25) is 0 Å². The van der Waals surface area contributed by atoms with Gasteiger partial charge in [0, 0.05) is 30.2 Å². The zero-order valence-electron chi connectivity index (χ0n) is 11.1. The van der Waals surface area contributed by atoms with E-state index in [1.54, 1.807) is 4.90 Å². The summed E-state index contributed by atoms with van der Waals surface area (Å²) in [5.74, 6) is -0.312. The van der Waals surface area contributed by atoms with Crippen LogP contribution in [-0.4, -0.2) is 41.9 Å². The van der Waals surface area contributed by atoms with Crippen molar-refractivity contribution in [2.24, 2.45) is 0 Å². The smallest absolute Gasteiger partial charge is 0.283 e. The molecular formula is C13H16ClN3O3. The number of likely N-dealkylation sites (tertiary alicyclic amines) is 1. The molecule has 0 saturated carbocycles. The average molecular weight is 298 g/mol. The molecule has 0 spiro atoms. The van der Waals surface area contributed by atoms with Crippen molar-refractivity contribution in [1.29, 1.82) is 0 Å². The minimum Gasteiger partial charge on any atom is -0.337 e. The Bertz CT molecular complexity index is 536. The fourth-order valence-corrected chi connectivity index (χ4v) is 2.57. The van der Waals surface area contributed by atoms with Crippen LogP contribution in [0.2, 0.25) is 5.02 Å². The summed E-state index contributed by atoms with van der Waals surface area (Å²) < 4.78 is 0. The lowest BCUT2D eigenvalue weighted by Gasteiger charge is -2.32. The standard InChI is InChI=1S/C13H16ClN3O3/c1-15-10-3-2-6-16(8-10)13(18)11-5-4-9(14)7-12(11)17(19)20/h4-5,7,10,15H,2-3,6,8H2,1H3. The van der Waals surface area contributed by atoms with Crippen molar-refractivity contribution in [3.8, 4) is 0 Å². The highest BCUT2D eigenvalue weighted by Crippen LogP contribution is 2.25. The number of piperidine rings is 1. The molecule has 0 aromatic heterocycles. The molecule has 1 fully saturated rings. The van der Waals surface area contributed by atoms with Crippen molar-refractivity contribution >= 4 is 23.2 Å². The topological polar surface area (TPSA) is 75.5 Å². The number of carbonyl (C=O) groups excluding carboxylic acids is 1. The number of nitrogens with zero attached hydrogens (tertiary/aromatic N) is 2. The SMILES string of the molecule is CNC1CCCN(C(=O)c2ccc(Cl)cc2[N+](=O)[O-])C1. The highest BCUT2D eigenvalue weighted by atomic mass is 35.5. The first-order valence-electron chi connectivity index (χ1n) is 6.43. The van der Waals surface area contributed by atoms with Gasteiger partial charge in [-0.1, -0.05) is 11.6 Å². The quantitative estimate of drug-likeness (QED) is 0.684. The molecule has 7 heteroatoms. The van der Waals surface area contributed by atoms with Crippen LogP contribution in [0.25, 0.3) is 0 Å². The Labute approximate surface area is 121 Å². The lowest BCUT2D eigenvalue weighted by molar-refractivity contribution is -0.385. The Morgan fingerprint density at radius 3 is 2.95 bits per heavy atom. The predicted molar refractivity (Wildman–Crippen MR) is 76.1 cm³/mol. The summed E-state index contributed by atoms with van der Waals surface area (Å²) in [5.41, 5.74) is -0.148. The summed E-state index contributed by atoms with van der Waals surface area (Å²) in [6.07, 6.45) is 1.89. The van der Waals surface area contributed by atoms with E-state index >= 15 is 0 Å². The van der Waals surface area contributed by atoms with Crippen molar-refractivity contribution < 1.29 is 9.72 Å². The zero-order chi connectivity index (χ0) is 14.7. The first-order chi connectivity index (χ1) is 9.52.